The summed E-state index contributed by atoms with van der Waals surface area (Å²) in [6.07, 6.45) is 27.5. The van der Waals surface area contributed by atoms with Crippen molar-refractivity contribution in [1.82, 2.24) is 5.32 Å². The lowest BCUT2D eigenvalue weighted by Crippen LogP contribution is -2.21. The normalized spacial score (nSPS) is 34.5. The van der Waals surface area contributed by atoms with E-state index in [1.165, 1.54) is 89.9 Å². The maximum absolute atomic E-state index is 3.66. The molecule has 1 saturated carbocycles. The van der Waals surface area contributed by atoms with Crippen molar-refractivity contribution < 1.29 is 0 Å². The minimum Gasteiger partial charge on any atom is -0.385 e. The molecule has 0 aromatic carbocycles. The summed E-state index contributed by atoms with van der Waals surface area (Å²) in [5.41, 5.74) is 1.78. The van der Waals surface area contributed by atoms with Crippen LogP contribution in [0.15, 0.2) is 23.9 Å². The van der Waals surface area contributed by atoms with Gasteiger partial charge in [0.15, 0.2) is 0 Å². The summed E-state index contributed by atoms with van der Waals surface area (Å²) < 4.78 is 0. The van der Waals surface area contributed by atoms with E-state index in [1.54, 1.807) is 5.57 Å². The summed E-state index contributed by atoms with van der Waals surface area (Å²) in [5.74, 6) is 1.68. The van der Waals surface area contributed by atoms with Gasteiger partial charge in [0.05, 0.1) is 0 Å². The fourth-order valence-electron chi connectivity index (χ4n) is 4.68. The van der Waals surface area contributed by atoms with E-state index in [0.29, 0.717) is 6.04 Å². The van der Waals surface area contributed by atoms with Crippen LogP contribution >= 0.6 is 0 Å². The molecular weight excluding hydrogens is 266 g/mol. The number of hydrogen-bond acceptors (Lipinski definition) is 1. The second-order valence-corrected chi connectivity index (χ2v) is 7.89. The molecule has 1 N–H and O–H groups in total. The van der Waals surface area contributed by atoms with Crippen molar-refractivity contribution in [2.24, 2.45) is 11.8 Å². The van der Waals surface area contributed by atoms with Crippen molar-refractivity contribution in [3.05, 3.63) is 23.9 Å². The average molecular weight is 302 g/mol. The molecule has 3 aliphatic rings. The zero-order valence-electron chi connectivity index (χ0n) is 14.4. The fourth-order valence-corrected chi connectivity index (χ4v) is 4.68. The zero-order valence-corrected chi connectivity index (χ0v) is 14.4. The highest BCUT2D eigenvalue weighted by molar-refractivity contribution is 5.20. The van der Waals surface area contributed by atoms with Crippen LogP contribution in [-0.2, 0) is 0 Å². The molecule has 1 heterocycles. The Morgan fingerprint density at radius 2 is 1.36 bits per heavy atom. The van der Waals surface area contributed by atoms with Crippen molar-refractivity contribution in [2.45, 2.75) is 95.9 Å². The predicted molar refractivity (Wildman–Crippen MR) is 95.8 cm³/mol. The standard InChI is InChI=1S/C21H35N/c1-2-6-10-18-11-7-4-5-9-13-21-17-20(16-18)19(12-8-3-1)14-15-22-21/h14-15,17-19,21-22H,1-13,16H2. The topological polar surface area (TPSA) is 12.0 Å². The highest BCUT2D eigenvalue weighted by Crippen LogP contribution is 2.34. The molecule has 124 valence electrons. The van der Waals surface area contributed by atoms with Crippen molar-refractivity contribution in [1.29, 1.82) is 0 Å². The molecule has 0 aromatic rings. The van der Waals surface area contributed by atoms with Crippen molar-refractivity contribution in [3.63, 3.8) is 0 Å². The third-order valence-electron chi connectivity index (χ3n) is 6.06. The van der Waals surface area contributed by atoms with Gasteiger partial charge in [0.1, 0.15) is 0 Å². The molecule has 0 spiro atoms. The van der Waals surface area contributed by atoms with Crippen LogP contribution < -0.4 is 5.32 Å². The third-order valence-corrected chi connectivity index (χ3v) is 6.06. The quantitative estimate of drug-likeness (QED) is 0.531. The van der Waals surface area contributed by atoms with Crippen molar-refractivity contribution >= 4 is 0 Å². The monoisotopic (exact) mass is 301 g/mol. The molecule has 1 heteroatoms. The summed E-state index contributed by atoms with van der Waals surface area (Å²) in [6, 6.07) is 0.597. The van der Waals surface area contributed by atoms with Gasteiger partial charge in [-0.3, -0.25) is 0 Å². The third kappa shape index (κ3) is 4.89. The van der Waals surface area contributed by atoms with Crippen molar-refractivity contribution in [2.75, 3.05) is 0 Å². The Labute approximate surface area is 137 Å². The summed E-state index contributed by atoms with van der Waals surface area (Å²) >= 11 is 0. The minimum atomic E-state index is 0.597. The second-order valence-electron chi connectivity index (χ2n) is 7.89. The second kappa shape index (κ2) is 8.79. The van der Waals surface area contributed by atoms with Gasteiger partial charge in [0, 0.05) is 6.04 Å². The lowest BCUT2D eigenvalue weighted by molar-refractivity contribution is 0.398. The van der Waals surface area contributed by atoms with E-state index in [0.717, 1.165) is 11.8 Å². The van der Waals surface area contributed by atoms with Crippen LogP contribution in [0.3, 0.4) is 0 Å². The van der Waals surface area contributed by atoms with Gasteiger partial charge in [-0.15, -0.1) is 0 Å². The van der Waals surface area contributed by atoms with E-state index < -0.39 is 0 Å². The Morgan fingerprint density at radius 1 is 0.727 bits per heavy atom. The molecule has 0 aromatic heterocycles. The summed E-state index contributed by atoms with van der Waals surface area (Å²) in [6.45, 7) is 0. The largest absolute Gasteiger partial charge is 0.385 e. The summed E-state index contributed by atoms with van der Waals surface area (Å²) in [5, 5.41) is 3.66. The van der Waals surface area contributed by atoms with E-state index in [-0.39, 0.29) is 0 Å². The lowest BCUT2D eigenvalue weighted by Gasteiger charge is -2.22. The molecule has 1 nitrogen and oxygen atoms in total. The van der Waals surface area contributed by atoms with Crippen LogP contribution in [0.25, 0.3) is 0 Å². The van der Waals surface area contributed by atoms with Gasteiger partial charge in [-0.2, -0.15) is 0 Å². The van der Waals surface area contributed by atoms with Crippen LogP contribution in [0.1, 0.15) is 89.9 Å². The van der Waals surface area contributed by atoms with Gasteiger partial charge in [-0.1, -0.05) is 88.4 Å². The Hall–Kier alpha value is -0.720. The Bertz CT molecular complexity index is 381. The number of nitrogens with one attached hydrogen (secondary N) is 1. The first-order valence-corrected chi connectivity index (χ1v) is 10.0. The maximum Gasteiger partial charge on any atom is 0.0441 e. The molecule has 3 unspecified atom stereocenters. The summed E-state index contributed by atoms with van der Waals surface area (Å²) in [4.78, 5) is 0. The first kappa shape index (κ1) is 16.1. The van der Waals surface area contributed by atoms with Crippen LogP contribution in [0.4, 0.5) is 0 Å². The number of hydrogen-bond donors (Lipinski definition) is 1. The number of rotatable bonds is 0. The molecule has 22 heavy (non-hydrogen) atoms. The first-order chi connectivity index (χ1) is 10.9. The first-order valence-electron chi connectivity index (χ1n) is 10.0. The van der Waals surface area contributed by atoms with Gasteiger partial charge < -0.3 is 5.32 Å². The van der Waals surface area contributed by atoms with Gasteiger partial charge in [0.2, 0.25) is 0 Å². The Kier molecular flexibility index (Phi) is 6.45. The van der Waals surface area contributed by atoms with E-state index in [4.69, 9.17) is 0 Å². The average Bonchev–Trinajstić information content (AvgIpc) is 2.74. The van der Waals surface area contributed by atoms with Gasteiger partial charge in [-0.25, -0.2) is 0 Å². The molecule has 1 aliphatic heterocycles. The maximum atomic E-state index is 3.66. The van der Waals surface area contributed by atoms with Gasteiger partial charge >= 0.3 is 0 Å². The number of fused-ring (bicyclic) bond motifs is 2. The zero-order chi connectivity index (χ0) is 15.0. The van der Waals surface area contributed by atoms with E-state index >= 15 is 0 Å². The fraction of sp³-hybridized carbons (Fsp3) is 0.810. The highest BCUT2D eigenvalue weighted by atomic mass is 14.9. The Morgan fingerprint density at radius 3 is 2.14 bits per heavy atom. The van der Waals surface area contributed by atoms with Crippen molar-refractivity contribution in [3.8, 4) is 0 Å². The van der Waals surface area contributed by atoms with Crippen LogP contribution in [0.2, 0.25) is 0 Å². The molecular formula is C21H35N. The molecule has 1 fully saturated rings. The molecule has 2 aliphatic carbocycles. The molecule has 0 radical (unpaired) electrons. The van der Waals surface area contributed by atoms with Crippen LogP contribution in [0, 0.1) is 11.8 Å². The van der Waals surface area contributed by atoms with E-state index in [9.17, 15) is 0 Å². The van der Waals surface area contributed by atoms with E-state index in [1.807, 2.05) is 0 Å². The molecule has 0 saturated heterocycles. The summed E-state index contributed by atoms with van der Waals surface area (Å²) in [7, 11) is 0. The van der Waals surface area contributed by atoms with Crippen LogP contribution in [0.5, 0.6) is 0 Å². The van der Waals surface area contributed by atoms with Gasteiger partial charge in [0.25, 0.3) is 0 Å². The smallest absolute Gasteiger partial charge is 0.0441 e. The molecule has 0 amide bonds. The molecule has 3 bridgehead atoms. The predicted octanol–water partition coefficient (Wildman–Crippen LogP) is 6.12. The highest BCUT2D eigenvalue weighted by Gasteiger charge is 2.21. The van der Waals surface area contributed by atoms with Crippen LogP contribution in [-0.4, -0.2) is 6.04 Å². The Balaban J connectivity index is 1.80. The lowest BCUT2D eigenvalue weighted by atomic mass is 9.83. The van der Waals surface area contributed by atoms with Gasteiger partial charge in [-0.05, 0) is 37.3 Å². The number of allylic oxidation sites excluding steroid dienone is 2. The molecule has 3 rings (SSSR count). The SMILES string of the molecule is C1=CC2CCCCCCCC3CCCCCCC(C=C2C3)N1. The van der Waals surface area contributed by atoms with E-state index in [2.05, 4.69) is 23.7 Å². The minimum absolute atomic E-state index is 0.597. The molecule has 3 atom stereocenters.